The number of aliphatic hydroxyl groups excluding tert-OH is 2. The van der Waals surface area contributed by atoms with Crippen LogP contribution >= 0.6 is 0 Å². The van der Waals surface area contributed by atoms with Crippen molar-refractivity contribution in [3.8, 4) is 18.1 Å². The number of epoxide rings is 1. The van der Waals surface area contributed by atoms with Gasteiger partial charge in [0.25, 0.3) is 0 Å². The van der Waals surface area contributed by atoms with Gasteiger partial charge in [-0.3, -0.25) is 0 Å². The summed E-state index contributed by atoms with van der Waals surface area (Å²) in [5, 5.41) is 19.7. The second-order valence-electron chi connectivity index (χ2n) is 6.98. The van der Waals surface area contributed by atoms with Crippen molar-refractivity contribution in [2.24, 2.45) is 0 Å². The van der Waals surface area contributed by atoms with Crippen molar-refractivity contribution < 1.29 is 24.4 Å². The van der Waals surface area contributed by atoms with Crippen LogP contribution in [0.5, 0.6) is 5.75 Å². The molecule has 2 aliphatic rings. The van der Waals surface area contributed by atoms with Gasteiger partial charge in [-0.25, -0.2) is 0 Å². The molecule has 2 aliphatic heterocycles. The fourth-order valence-corrected chi connectivity index (χ4v) is 3.75. The summed E-state index contributed by atoms with van der Waals surface area (Å²) in [6.45, 7) is -0.153. The smallest absolute Gasteiger partial charge is 0.225 e. The first-order chi connectivity index (χ1) is 13.1. The van der Waals surface area contributed by atoms with Crippen LogP contribution in [0.25, 0.3) is 0 Å². The minimum atomic E-state index is -0.987. The molecule has 2 fully saturated rings. The van der Waals surface area contributed by atoms with Gasteiger partial charge in [0.15, 0.2) is 0 Å². The van der Waals surface area contributed by atoms with Gasteiger partial charge in [0.2, 0.25) is 5.79 Å². The number of methoxy groups -OCH3 is 1. The number of aliphatic hydroxyl groups is 2. The molecule has 2 saturated heterocycles. The van der Waals surface area contributed by atoms with Crippen LogP contribution in [0.1, 0.15) is 28.7 Å². The number of ether oxygens (including phenoxy) is 3. The van der Waals surface area contributed by atoms with Crippen molar-refractivity contribution in [2.75, 3.05) is 13.7 Å². The Morgan fingerprint density at radius 1 is 1.22 bits per heavy atom. The van der Waals surface area contributed by atoms with E-state index >= 15 is 0 Å². The summed E-state index contributed by atoms with van der Waals surface area (Å²) in [6.07, 6.45) is 4.94. The van der Waals surface area contributed by atoms with Gasteiger partial charge in [0.1, 0.15) is 11.9 Å². The molecule has 0 saturated carbocycles. The van der Waals surface area contributed by atoms with Crippen LogP contribution in [-0.2, 0) is 21.7 Å². The predicted molar refractivity (Wildman–Crippen MR) is 99.3 cm³/mol. The lowest BCUT2D eigenvalue weighted by Crippen LogP contribution is -2.40. The van der Waals surface area contributed by atoms with E-state index in [0.29, 0.717) is 12.8 Å². The van der Waals surface area contributed by atoms with Gasteiger partial charge in [-0.2, -0.15) is 0 Å². The minimum Gasteiger partial charge on any atom is -0.496 e. The molecule has 0 bridgehead atoms. The third-order valence-electron chi connectivity index (χ3n) is 5.22. The first-order valence-corrected chi connectivity index (χ1v) is 8.97. The molecule has 2 aromatic rings. The van der Waals surface area contributed by atoms with Gasteiger partial charge in [0.05, 0.1) is 25.9 Å². The second kappa shape index (κ2) is 6.99. The zero-order valence-electron chi connectivity index (χ0n) is 15.1. The highest BCUT2D eigenvalue weighted by atomic mass is 16.8. The molecule has 0 amide bonds. The molecule has 5 heteroatoms. The van der Waals surface area contributed by atoms with Gasteiger partial charge in [-0.15, -0.1) is 6.42 Å². The standard InChI is InChI=1S/C22H22O5/c1-3-14-4-6-15(7-5-14)10-16-11-17(8-9-20(16)25-2)22-21(27-22)19(24)12-18(13-23)26-22/h1,4-9,11,18-19,21,23-24H,10,12-13H2,2H3. The average Bonchev–Trinajstić information content (AvgIpc) is 3.45. The van der Waals surface area contributed by atoms with Crippen LogP contribution in [0.15, 0.2) is 42.5 Å². The zero-order chi connectivity index (χ0) is 19.0. The Bertz CT molecular complexity index is 869. The van der Waals surface area contributed by atoms with Crippen LogP contribution in [0.2, 0.25) is 0 Å². The Kier molecular flexibility index (Phi) is 4.67. The largest absolute Gasteiger partial charge is 0.496 e. The second-order valence-corrected chi connectivity index (χ2v) is 6.98. The summed E-state index contributed by atoms with van der Waals surface area (Å²) in [5.74, 6) is 2.40. The predicted octanol–water partition coefficient (Wildman–Crippen LogP) is 1.96. The van der Waals surface area contributed by atoms with Crippen molar-refractivity contribution in [2.45, 2.75) is 36.9 Å². The van der Waals surface area contributed by atoms with Gasteiger partial charge < -0.3 is 24.4 Å². The molecular weight excluding hydrogens is 344 g/mol. The van der Waals surface area contributed by atoms with E-state index in [0.717, 1.165) is 28.0 Å². The molecule has 4 rings (SSSR count). The highest BCUT2D eigenvalue weighted by Crippen LogP contribution is 2.54. The zero-order valence-corrected chi connectivity index (χ0v) is 15.1. The lowest BCUT2D eigenvalue weighted by molar-refractivity contribution is -0.136. The quantitative estimate of drug-likeness (QED) is 0.625. The Morgan fingerprint density at radius 2 is 2.00 bits per heavy atom. The summed E-state index contributed by atoms with van der Waals surface area (Å²) >= 11 is 0. The summed E-state index contributed by atoms with van der Waals surface area (Å²) in [6, 6.07) is 13.6. The maximum Gasteiger partial charge on any atom is 0.225 e. The van der Waals surface area contributed by atoms with E-state index in [-0.39, 0.29) is 6.61 Å². The van der Waals surface area contributed by atoms with Crippen LogP contribution in [-0.4, -0.2) is 42.2 Å². The maximum atomic E-state index is 10.2. The molecule has 2 heterocycles. The topological polar surface area (TPSA) is 71.5 Å². The Hall–Kier alpha value is -2.36. The number of benzene rings is 2. The number of fused-ring (bicyclic) bond motifs is 1. The fourth-order valence-electron chi connectivity index (χ4n) is 3.75. The van der Waals surface area contributed by atoms with Gasteiger partial charge in [-0.05, 0) is 41.5 Å². The Morgan fingerprint density at radius 3 is 2.67 bits per heavy atom. The monoisotopic (exact) mass is 366 g/mol. The van der Waals surface area contributed by atoms with E-state index in [4.69, 9.17) is 20.6 Å². The van der Waals surface area contributed by atoms with Crippen LogP contribution in [0.3, 0.4) is 0 Å². The molecular formula is C22H22O5. The van der Waals surface area contributed by atoms with E-state index in [1.165, 1.54) is 0 Å². The van der Waals surface area contributed by atoms with Crippen molar-refractivity contribution >= 4 is 0 Å². The summed E-state index contributed by atoms with van der Waals surface area (Å²) in [5.41, 5.74) is 3.75. The number of terminal acetylenes is 1. The molecule has 0 radical (unpaired) electrons. The average molecular weight is 366 g/mol. The van der Waals surface area contributed by atoms with Crippen molar-refractivity contribution in [1.29, 1.82) is 0 Å². The van der Waals surface area contributed by atoms with Crippen LogP contribution < -0.4 is 4.74 Å². The lowest BCUT2D eigenvalue weighted by atomic mass is 9.93. The van der Waals surface area contributed by atoms with Gasteiger partial charge in [-0.1, -0.05) is 18.1 Å². The summed E-state index contributed by atoms with van der Waals surface area (Å²) in [4.78, 5) is 0. The molecule has 5 nitrogen and oxygen atoms in total. The highest BCUT2D eigenvalue weighted by molar-refractivity contribution is 5.44. The normalized spacial score (nSPS) is 28.9. The van der Waals surface area contributed by atoms with Crippen LogP contribution in [0.4, 0.5) is 0 Å². The lowest BCUT2D eigenvalue weighted by Gasteiger charge is -2.28. The molecule has 4 unspecified atom stereocenters. The number of hydrogen-bond acceptors (Lipinski definition) is 5. The van der Waals surface area contributed by atoms with E-state index in [2.05, 4.69) is 5.92 Å². The van der Waals surface area contributed by atoms with E-state index < -0.39 is 24.1 Å². The van der Waals surface area contributed by atoms with Crippen molar-refractivity contribution in [3.05, 3.63) is 64.7 Å². The summed E-state index contributed by atoms with van der Waals surface area (Å²) in [7, 11) is 1.64. The van der Waals surface area contributed by atoms with E-state index in [9.17, 15) is 10.2 Å². The van der Waals surface area contributed by atoms with Crippen LogP contribution in [0, 0.1) is 12.3 Å². The van der Waals surface area contributed by atoms with E-state index in [1.54, 1.807) is 7.11 Å². The highest BCUT2D eigenvalue weighted by Gasteiger charge is 2.66. The molecule has 4 atom stereocenters. The third kappa shape index (κ3) is 3.22. The molecule has 0 aliphatic carbocycles. The third-order valence-corrected chi connectivity index (χ3v) is 5.22. The minimum absolute atomic E-state index is 0.153. The molecule has 27 heavy (non-hydrogen) atoms. The maximum absolute atomic E-state index is 10.2. The first-order valence-electron chi connectivity index (χ1n) is 8.97. The molecule has 2 N–H and O–H groups in total. The summed E-state index contributed by atoms with van der Waals surface area (Å²) < 4.78 is 17.2. The van der Waals surface area contributed by atoms with Crippen molar-refractivity contribution in [3.63, 3.8) is 0 Å². The van der Waals surface area contributed by atoms with Gasteiger partial charge >= 0.3 is 0 Å². The molecule has 140 valence electrons. The molecule has 0 aromatic heterocycles. The first kappa shape index (κ1) is 18.0. The Balaban J connectivity index is 1.64. The fraction of sp³-hybridized carbons (Fsp3) is 0.364. The molecule has 2 aromatic carbocycles. The number of hydrogen-bond donors (Lipinski definition) is 2. The van der Waals surface area contributed by atoms with Crippen molar-refractivity contribution in [1.82, 2.24) is 0 Å². The van der Waals surface area contributed by atoms with Gasteiger partial charge in [0, 0.05) is 24.0 Å². The molecule has 0 spiro atoms. The Labute approximate surface area is 158 Å². The van der Waals surface area contributed by atoms with E-state index in [1.807, 2.05) is 42.5 Å². The number of rotatable bonds is 5. The SMILES string of the molecule is C#Cc1ccc(Cc2cc(C34OC(CO)CC(O)C3O4)ccc2OC)cc1.